The van der Waals surface area contributed by atoms with E-state index < -0.39 is 36.0 Å². The molecule has 2 fully saturated rings. The zero-order valence-electron chi connectivity index (χ0n) is 15.4. The SMILES string of the molecule is CC(=O)NC1[C@H]2OC[C@](COCCCCC(=O)O)(O2)[C@H](C)[C@@H]1OC(C)=O. The quantitative estimate of drug-likeness (QED) is 0.442. The predicted molar refractivity (Wildman–Crippen MR) is 88.2 cm³/mol. The Labute approximate surface area is 152 Å². The van der Waals surface area contributed by atoms with Crippen molar-refractivity contribution in [3.63, 3.8) is 0 Å². The predicted octanol–water partition coefficient (Wildman–Crippen LogP) is 0.456. The molecular formula is C17H27NO8. The second-order valence-corrected chi connectivity index (χ2v) is 6.85. The fourth-order valence-electron chi connectivity index (χ4n) is 3.39. The minimum absolute atomic E-state index is 0.111. The Morgan fingerprint density at radius 2 is 2.00 bits per heavy atom. The van der Waals surface area contributed by atoms with E-state index in [1.807, 2.05) is 6.92 Å². The molecule has 0 saturated carbocycles. The van der Waals surface area contributed by atoms with Gasteiger partial charge in [0.2, 0.25) is 5.91 Å². The van der Waals surface area contributed by atoms with E-state index in [4.69, 9.17) is 24.1 Å². The van der Waals surface area contributed by atoms with E-state index in [1.165, 1.54) is 13.8 Å². The minimum atomic E-state index is -0.826. The molecule has 2 heterocycles. The van der Waals surface area contributed by atoms with Gasteiger partial charge in [0.15, 0.2) is 6.29 Å². The maximum Gasteiger partial charge on any atom is 0.303 e. The average Bonchev–Trinajstić information content (AvgIpc) is 2.94. The number of hydrogen-bond acceptors (Lipinski definition) is 7. The summed E-state index contributed by atoms with van der Waals surface area (Å²) in [6.07, 6.45) is -0.0237. The number of carbonyl (C=O) groups excluding carboxylic acids is 2. The minimum Gasteiger partial charge on any atom is -0.481 e. The number of esters is 1. The maximum atomic E-state index is 11.5. The van der Waals surface area contributed by atoms with Gasteiger partial charge in [0.05, 0.1) is 13.2 Å². The summed E-state index contributed by atoms with van der Waals surface area (Å²) in [4.78, 5) is 33.5. The Morgan fingerprint density at radius 3 is 2.62 bits per heavy atom. The van der Waals surface area contributed by atoms with E-state index in [0.717, 1.165) is 0 Å². The van der Waals surface area contributed by atoms with Gasteiger partial charge in [0.1, 0.15) is 17.7 Å². The first-order valence-corrected chi connectivity index (χ1v) is 8.78. The molecule has 9 nitrogen and oxygen atoms in total. The maximum absolute atomic E-state index is 11.5. The molecule has 0 spiro atoms. The van der Waals surface area contributed by atoms with Crippen LogP contribution in [0.25, 0.3) is 0 Å². The third-order valence-corrected chi connectivity index (χ3v) is 4.76. The first-order chi connectivity index (χ1) is 12.2. The van der Waals surface area contributed by atoms with Gasteiger partial charge in [-0.15, -0.1) is 0 Å². The first kappa shape index (κ1) is 20.6. The van der Waals surface area contributed by atoms with Gasteiger partial charge in [0, 0.05) is 32.8 Å². The Hall–Kier alpha value is -1.71. The fraction of sp³-hybridized carbons (Fsp3) is 0.824. The van der Waals surface area contributed by atoms with Gasteiger partial charge in [-0.3, -0.25) is 14.4 Å². The third-order valence-electron chi connectivity index (χ3n) is 4.76. The van der Waals surface area contributed by atoms with Crippen LogP contribution >= 0.6 is 0 Å². The van der Waals surface area contributed by atoms with Gasteiger partial charge >= 0.3 is 11.9 Å². The zero-order valence-corrected chi connectivity index (χ0v) is 15.4. The molecule has 26 heavy (non-hydrogen) atoms. The largest absolute Gasteiger partial charge is 0.481 e. The number of unbranched alkanes of at least 4 members (excludes halogenated alkanes) is 1. The summed E-state index contributed by atoms with van der Waals surface area (Å²) in [6.45, 7) is 5.49. The van der Waals surface area contributed by atoms with Crippen LogP contribution in [-0.2, 0) is 33.3 Å². The number of amides is 1. The highest BCUT2D eigenvalue weighted by molar-refractivity contribution is 5.73. The molecular weight excluding hydrogens is 346 g/mol. The smallest absolute Gasteiger partial charge is 0.303 e. The van der Waals surface area contributed by atoms with E-state index in [-0.39, 0.29) is 31.5 Å². The molecule has 0 aromatic carbocycles. The molecule has 1 amide bonds. The van der Waals surface area contributed by atoms with Gasteiger partial charge in [-0.1, -0.05) is 6.92 Å². The lowest BCUT2D eigenvalue weighted by molar-refractivity contribution is -0.222. The molecule has 2 N–H and O–H groups in total. The summed E-state index contributed by atoms with van der Waals surface area (Å²) >= 11 is 0. The van der Waals surface area contributed by atoms with Crippen LogP contribution in [0.2, 0.25) is 0 Å². The standard InChI is InChI=1S/C17H27NO8/c1-10-15(25-12(3)20)14(18-11(2)19)16-24-9-17(10,26-16)8-23-7-5-4-6-13(21)22/h10,14-16H,4-9H2,1-3H3,(H,18,19)(H,21,22)/t10-,14?,15+,16+,17+/m1/s1. The van der Waals surface area contributed by atoms with Crippen molar-refractivity contribution in [3.8, 4) is 0 Å². The van der Waals surface area contributed by atoms with Crippen LogP contribution in [-0.4, -0.2) is 66.8 Å². The van der Waals surface area contributed by atoms with Gasteiger partial charge in [0.25, 0.3) is 0 Å². The molecule has 9 heteroatoms. The van der Waals surface area contributed by atoms with Crippen molar-refractivity contribution >= 4 is 17.8 Å². The van der Waals surface area contributed by atoms with Gasteiger partial charge < -0.3 is 29.4 Å². The number of carboxylic acid groups (broad SMARTS) is 1. The van der Waals surface area contributed by atoms with E-state index in [1.54, 1.807) is 0 Å². The van der Waals surface area contributed by atoms with Crippen molar-refractivity contribution < 1.29 is 38.4 Å². The first-order valence-electron chi connectivity index (χ1n) is 8.78. The topological polar surface area (TPSA) is 120 Å². The number of carbonyl (C=O) groups is 3. The number of nitrogens with one attached hydrogen (secondary N) is 1. The summed E-state index contributed by atoms with van der Waals surface area (Å²) in [6, 6.07) is -0.586. The van der Waals surface area contributed by atoms with Crippen LogP contribution in [0, 0.1) is 5.92 Å². The average molecular weight is 373 g/mol. The lowest BCUT2D eigenvalue weighted by Crippen LogP contribution is -2.63. The number of rotatable bonds is 9. The molecule has 2 bridgehead atoms. The number of fused-ring (bicyclic) bond motifs is 2. The molecule has 2 saturated heterocycles. The van der Waals surface area contributed by atoms with Crippen LogP contribution in [0.1, 0.15) is 40.0 Å². The highest BCUT2D eigenvalue weighted by Gasteiger charge is 2.59. The van der Waals surface area contributed by atoms with Crippen LogP contribution in [0.15, 0.2) is 0 Å². The van der Waals surface area contributed by atoms with Crippen LogP contribution in [0.4, 0.5) is 0 Å². The number of hydrogen-bond donors (Lipinski definition) is 2. The Balaban J connectivity index is 1.97. The molecule has 5 atom stereocenters. The van der Waals surface area contributed by atoms with Crippen LogP contribution < -0.4 is 5.32 Å². The van der Waals surface area contributed by atoms with Gasteiger partial charge in [-0.2, -0.15) is 0 Å². The Bertz CT molecular complexity index is 539. The molecule has 2 aliphatic heterocycles. The third kappa shape index (κ3) is 4.93. The molecule has 0 radical (unpaired) electrons. The summed E-state index contributed by atoms with van der Waals surface area (Å²) in [5.74, 6) is -1.79. The van der Waals surface area contributed by atoms with Crippen LogP contribution in [0.5, 0.6) is 0 Å². The summed E-state index contributed by atoms with van der Waals surface area (Å²) in [5, 5.41) is 11.4. The molecule has 148 valence electrons. The highest BCUT2D eigenvalue weighted by Crippen LogP contribution is 2.42. The summed E-state index contributed by atoms with van der Waals surface area (Å²) < 4.78 is 22.9. The number of carboxylic acids is 1. The van der Waals surface area contributed by atoms with E-state index >= 15 is 0 Å². The van der Waals surface area contributed by atoms with E-state index in [0.29, 0.717) is 19.4 Å². The monoisotopic (exact) mass is 373 g/mol. The summed E-state index contributed by atoms with van der Waals surface area (Å²) in [7, 11) is 0. The Morgan fingerprint density at radius 1 is 1.27 bits per heavy atom. The van der Waals surface area contributed by atoms with Crippen molar-refractivity contribution in [2.45, 2.75) is 64.1 Å². The molecule has 0 aromatic heterocycles. The lowest BCUT2D eigenvalue weighted by atomic mass is 9.81. The van der Waals surface area contributed by atoms with E-state index in [2.05, 4.69) is 5.32 Å². The molecule has 2 aliphatic rings. The second kappa shape index (κ2) is 8.79. The normalized spacial score (nSPS) is 32.9. The second-order valence-electron chi connectivity index (χ2n) is 6.85. The fourth-order valence-corrected chi connectivity index (χ4v) is 3.39. The van der Waals surface area contributed by atoms with Crippen molar-refractivity contribution in [2.75, 3.05) is 19.8 Å². The number of ether oxygens (including phenoxy) is 4. The number of aliphatic carboxylic acids is 1. The molecule has 1 unspecified atom stereocenters. The van der Waals surface area contributed by atoms with Crippen molar-refractivity contribution in [1.29, 1.82) is 0 Å². The molecule has 0 aliphatic carbocycles. The van der Waals surface area contributed by atoms with E-state index in [9.17, 15) is 14.4 Å². The zero-order chi connectivity index (χ0) is 19.3. The highest BCUT2D eigenvalue weighted by atomic mass is 16.7. The van der Waals surface area contributed by atoms with Gasteiger partial charge in [-0.25, -0.2) is 0 Å². The van der Waals surface area contributed by atoms with Gasteiger partial charge in [-0.05, 0) is 12.8 Å². The van der Waals surface area contributed by atoms with Crippen LogP contribution in [0.3, 0.4) is 0 Å². The lowest BCUT2D eigenvalue weighted by Gasteiger charge is -2.45. The van der Waals surface area contributed by atoms with Crippen molar-refractivity contribution in [1.82, 2.24) is 5.32 Å². The molecule has 0 aromatic rings. The van der Waals surface area contributed by atoms with Crippen molar-refractivity contribution in [3.05, 3.63) is 0 Å². The Kier molecular flexibility index (Phi) is 6.96. The summed E-state index contributed by atoms with van der Waals surface area (Å²) in [5.41, 5.74) is -0.771. The molecule has 2 rings (SSSR count). The van der Waals surface area contributed by atoms with Crippen molar-refractivity contribution in [2.24, 2.45) is 5.92 Å².